The van der Waals surface area contributed by atoms with Crippen LogP contribution in [0.5, 0.6) is 11.5 Å². The highest BCUT2D eigenvalue weighted by Gasteiger charge is 2.15. The van der Waals surface area contributed by atoms with Gasteiger partial charge < -0.3 is 19.5 Å². The second-order valence-corrected chi connectivity index (χ2v) is 6.38. The molecule has 2 aromatic carbocycles. The molecule has 0 saturated carbocycles. The minimum absolute atomic E-state index is 0.252. The maximum Gasteiger partial charge on any atom is 0.338 e. The summed E-state index contributed by atoms with van der Waals surface area (Å²) in [6.07, 6.45) is 0. The van der Waals surface area contributed by atoms with Crippen LogP contribution in [0.3, 0.4) is 0 Å². The number of nitriles is 1. The van der Waals surface area contributed by atoms with E-state index in [1.54, 1.807) is 24.3 Å². The molecule has 0 aromatic heterocycles. The quantitative estimate of drug-likeness (QED) is 0.508. The summed E-state index contributed by atoms with van der Waals surface area (Å²) < 4.78 is 15.7. The van der Waals surface area contributed by atoms with Gasteiger partial charge in [-0.1, -0.05) is 12.1 Å². The van der Waals surface area contributed by atoms with Crippen molar-refractivity contribution >= 4 is 29.3 Å². The van der Waals surface area contributed by atoms with Crippen molar-refractivity contribution in [3.63, 3.8) is 0 Å². The van der Waals surface area contributed by atoms with Crippen molar-refractivity contribution in [2.24, 2.45) is 0 Å². The lowest BCUT2D eigenvalue weighted by Crippen LogP contribution is -2.21. The Balaban J connectivity index is 1.97. The Morgan fingerprint density at radius 1 is 1.18 bits per heavy atom. The van der Waals surface area contributed by atoms with Crippen molar-refractivity contribution in [2.45, 2.75) is 11.8 Å². The average Bonchev–Trinajstić information content (AvgIpc) is 2.71. The molecule has 1 N–H and O–H groups in total. The van der Waals surface area contributed by atoms with Crippen LogP contribution in [-0.2, 0) is 9.53 Å². The van der Waals surface area contributed by atoms with Crippen LogP contribution < -0.4 is 14.8 Å². The predicted octanol–water partition coefficient (Wildman–Crippen LogP) is 3.51. The number of hydrogen-bond acceptors (Lipinski definition) is 7. The van der Waals surface area contributed by atoms with Crippen LogP contribution in [-0.4, -0.2) is 38.0 Å². The first kappa shape index (κ1) is 21.1. The molecule has 0 fully saturated rings. The number of hydrogen-bond donors (Lipinski definition) is 1. The Morgan fingerprint density at radius 3 is 2.68 bits per heavy atom. The lowest BCUT2D eigenvalue weighted by atomic mass is 10.2. The van der Waals surface area contributed by atoms with Crippen molar-refractivity contribution in [3.8, 4) is 17.6 Å². The summed E-state index contributed by atoms with van der Waals surface area (Å²) in [7, 11) is 1.51. The third-order valence-corrected chi connectivity index (χ3v) is 4.43. The number of amides is 1. The summed E-state index contributed by atoms with van der Waals surface area (Å²) in [6, 6.07) is 13.8. The number of anilines is 1. The molecular formula is C20H20N2O5S. The zero-order chi connectivity index (χ0) is 20.4. The summed E-state index contributed by atoms with van der Waals surface area (Å²) in [6.45, 7) is 1.80. The summed E-state index contributed by atoms with van der Waals surface area (Å²) in [5.41, 5.74) is 0.814. The van der Waals surface area contributed by atoms with Crippen LogP contribution >= 0.6 is 11.8 Å². The number of esters is 1. The van der Waals surface area contributed by atoms with Gasteiger partial charge in [-0.3, -0.25) is 4.79 Å². The molecule has 2 rings (SSSR count). The fourth-order valence-electron chi connectivity index (χ4n) is 2.28. The van der Waals surface area contributed by atoms with Gasteiger partial charge in [0.15, 0.2) is 18.1 Å². The van der Waals surface area contributed by atoms with Crippen molar-refractivity contribution in [3.05, 3.63) is 48.0 Å². The van der Waals surface area contributed by atoms with E-state index < -0.39 is 18.5 Å². The van der Waals surface area contributed by atoms with E-state index in [9.17, 15) is 9.59 Å². The van der Waals surface area contributed by atoms with Crippen LogP contribution in [0.25, 0.3) is 0 Å². The lowest BCUT2D eigenvalue weighted by Gasteiger charge is -2.12. The van der Waals surface area contributed by atoms with Gasteiger partial charge in [0, 0.05) is 4.90 Å². The van der Waals surface area contributed by atoms with Crippen molar-refractivity contribution in [1.82, 2.24) is 0 Å². The van der Waals surface area contributed by atoms with E-state index in [0.717, 1.165) is 4.90 Å². The monoisotopic (exact) mass is 400 g/mol. The molecule has 1 amide bonds. The first-order chi connectivity index (χ1) is 13.6. The van der Waals surface area contributed by atoms with Gasteiger partial charge in [0.25, 0.3) is 5.91 Å². The average molecular weight is 400 g/mol. The van der Waals surface area contributed by atoms with E-state index in [0.29, 0.717) is 23.8 Å². The molecule has 28 heavy (non-hydrogen) atoms. The zero-order valence-electron chi connectivity index (χ0n) is 15.6. The molecule has 0 aliphatic heterocycles. The maximum atomic E-state index is 12.2. The molecule has 0 aliphatic carbocycles. The number of benzene rings is 2. The fourth-order valence-corrected chi connectivity index (χ4v) is 2.95. The summed E-state index contributed by atoms with van der Waals surface area (Å²) in [5, 5.41) is 11.4. The third-order valence-electron chi connectivity index (χ3n) is 3.49. The molecule has 0 heterocycles. The van der Waals surface area contributed by atoms with E-state index in [-0.39, 0.29) is 11.3 Å². The van der Waals surface area contributed by atoms with Crippen molar-refractivity contribution < 1.29 is 23.8 Å². The van der Waals surface area contributed by atoms with Gasteiger partial charge in [0.05, 0.1) is 36.8 Å². The molecule has 0 bridgehead atoms. The molecule has 0 saturated heterocycles. The number of methoxy groups -OCH3 is 1. The lowest BCUT2D eigenvalue weighted by molar-refractivity contribution is -0.119. The molecule has 7 nitrogen and oxygen atoms in total. The molecule has 0 aliphatic rings. The second kappa shape index (κ2) is 10.8. The standard InChI is InChI=1S/C20H20N2O5S/c1-3-26-17-12-14(8-9-16(17)25-2)20(24)27-13-19(23)22-15-6-4-5-7-18(15)28-11-10-21/h4-9,12H,3,11,13H2,1-2H3,(H,22,23). The van der Waals surface area contributed by atoms with E-state index in [2.05, 4.69) is 5.32 Å². The van der Waals surface area contributed by atoms with Crippen LogP contribution in [0.15, 0.2) is 47.4 Å². The summed E-state index contributed by atoms with van der Waals surface area (Å²) >= 11 is 1.31. The van der Waals surface area contributed by atoms with Crippen LogP contribution in [0.4, 0.5) is 5.69 Å². The zero-order valence-corrected chi connectivity index (χ0v) is 16.4. The van der Waals surface area contributed by atoms with Crippen LogP contribution in [0, 0.1) is 11.3 Å². The number of ether oxygens (including phenoxy) is 3. The largest absolute Gasteiger partial charge is 0.493 e. The van der Waals surface area contributed by atoms with Crippen molar-refractivity contribution in [2.75, 3.05) is 31.4 Å². The Labute approximate surface area is 167 Å². The van der Waals surface area contributed by atoms with Gasteiger partial charge in [-0.15, -0.1) is 11.8 Å². The number of thioether (sulfide) groups is 1. The fraction of sp³-hybridized carbons (Fsp3) is 0.250. The van der Waals surface area contributed by atoms with Crippen LogP contribution in [0.1, 0.15) is 17.3 Å². The minimum Gasteiger partial charge on any atom is -0.493 e. The maximum absolute atomic E-state index is 12.2. The van der Waals surface area contributed by atoms with Gasteiger partial charge in [-0.05, 0) is 37.3 Å². The molecular weight excluding hydrogens is 380 g/mol. The van der Waals surface area contributed by atoms with Gasteiger partial charge in [-0.2, -0.15) is 5.26 Å². The molecule has 8 heteroatoms. The minimum atomic E-state index is -0.647. The predicted molar refractivity (Wildman–Crippen MR) is 106 cm³/mol. The molecule has 0 spiro atoms. The molecule has 0 atom stereocenters. The Hall–Kier alpha value is -3.18. The second-order valence-electron chi connectivity index (χ2n) is 5.37. The normalized spacial score (nSPS) is 9.89. The molecule has 2 aromatic rings. The van der Waals surface area contributed by atoms with Crippen LogP contribution in [0.2, 0.25) is 0 Å². The molecule has 0 radical (unpaired) electrons. The van der Waals surface area contributed by atoms with E-state index in [1.165, 1.54) is 31.0 Å². The number of nitrogens with one attached hydrogen (secondary N) is 1. The highest BCUT2D eigenvalue weighted by Crippen LogP contribution is 2.28. The SMILES string of the molecule is CCOc1cc(C(=O)OCC(=O)Nc2ccccc2SCC#N)ccc1OC. The van der Waals surface area contributed by atoms with Crippen molar-refractivity contribution in [1.29, 1.82) is 5.26 Å². The van der Waals surface area contributed by atoms with Gasteiger partial charge in [0.1, 0.15) is 0 Å². The van der Waals surface area contributed by atoms with E-state index in [4.69, 9.17) is 19.5 Å². The molecule has 0 unspecified atom stereocenters. The number of rotatable bonds is 9. The van der Waals surface area contributed by atoms with E-state index in [1.807, 2.05) is 19.1 Å². The summed E-state index contributed by atoms with van der Waals surface area (Å²) in [5.74, 6) is 0.0689. The number of nitrogens with zero attached hydrogens (tertiary/aromatic N) is 1. The first-order valence-electron chi connectivity index (χ1n) is 8.45. The number of para-hydroxylation sites is 1. The van der Waals surface area contributed by atoms with Gasteiger partial charge in [0.2, 0.25) is 0 Å². The van der Waals surface area contributed by atoms with E-state index >= 15 is 0 Å². The highest BCUT2D eigenvalue weighted by molar-refractivity contribution is 7.99. The Bertz CT molecular complexity index is 879. The topological polar surface area (TPSA) is 97.6 Å². The Morgan fingerprint density at radius 2 is 1.96 bits per heavy atom. The highest BCUT2D eigenvalue weighted by atomic mass is 32.2. The summed E-state index contributed by atoms with van der Waals surface area (Å²) in [4.78, 5) is 25.1. The molecule has 146 valence electrons. The Kier molecular flexibility index (Phi) is 8.18. The number of carbonyl (C=O) groups is 2. The third kappa shape index (κ3) is 5.93. The smallest absolute Gasteiger partial charge is 0.338 e. The van der Waals surface area contributed by atoms with Gasteiger partial charge in [-0.25, -0.2) is 4.79 Å². The van der Waals surface area contributed by atoms with Gasteiger partial charge >= 0.3 is 5.97 Å². The number of carbonyl (C=O) groups excluding carboxylic acids is 2. The first-order valence-corrected chi connectivity index (χ1v) is 9.44.